The lowest BCUT2D eigenvalue weighted by Gasteiger charge is -2.02. The van der Waals surface area contributed by atoms with Crippen LogP contribution in [0.25, 0.3) is 0 Å². The van der Waals surface area contributed by atoms with Crippen LogP contribution in [0.2, 0.25) is 0 Å². The Hall–Kier alpha value is -1.90. The summed E-state index contributed by atoms with van der Waals surface area (Å²) in [5.41, 5.74) is 0.880. The van der Waals surface area contributed by atoms with Gasteiger partial charge in [0, 0.05) is 6.07 Å². The minimum atomic E-state index is 0.516. The summed E-state index contributed by atoms with van der Waals surface area (Å²) in [6.45, 7) is 5.89. The molecule has 3 heteroatoms. The summed E-state index contributed by atoms with van der Waals surface area (Å²) < 4.78 is 5.46. The Labute approximate surface area is 96.1 Å². The van der Waals surface area contributed by atoms with Gasteiger partial charge >= 0.3 is 0 Å². The molecular weight excluding hydrogens is 200 g/mol. The summed E-state index contributed by atoms with van der Waals surface area (Å²) in [4.78, 5) is 0. The minimum Gasteiger partial charge on any atom is -0.438 e. The molecule has 0 N–H and O–H groups in total. The van der Waals surface area contributed by atoms with Crippen LogP contribution in [-0.2, 0) is 0 Å². The first-order valence-electron chi connectivity index (χ1n) is 5.38. The lowest BCUT2D eigenvalue weighted by atomic mass is 10.3. The summed E-state index contributed by atoms with van der Waals surface area (Å²) in [7, 11) is 0. The molecule has 0 unspecified atom stereocenters. The molecule has 0 radical (unpaired) electrons. The average molecular weight is 216 g/mol. The molecule has 0 bridgehead atoms. The molecule has 84 valence electrons. The molecule has 0 spiro atoms. The Morgan fingerprint density at radius 1 is 0.875 bits per heavy atom. The highest BCUT2D eigenvalue weighted by molar-refractivity contribution is 5.25. The van der Waals surface area contributed by atoms with Gasteiger partial charge in [-0.05, 0) is 25.1 Å². The van der Waals surface area contributed by atoms with Crippen LogP contribution in [-0.4, -0.2) is 10.2 Å². The zero-order valence-corrected chi connectivity index (χ0v) is 9.84. The molecule has 0 saturated carbocycles. The summed E-state index contributed by atoms with van der Waals surface area (Å²) in [6.07, 6.45) is 0. The first-order chi connectivity index (χ1) is 7.84. The maximum atomic E-state index is 5.46. The van der Waals surface area contributed by atoms with Crippen molar-refractivity contribution in [2.75, 3.05) is 0 Å². The molecule has 0 aliphatic heterocycles. The molecule has 0 fully saturated rings. The van der Waals surface area contributed by atoms with E-state index in [0.29, 0.717) is 5.88 Å². The second kappa shape index (κ2) is 6.56. The molecule has 0 saturated heterocycles. The fourth-order valence-electron chi connectivity index (χ4n) is 1.05. The van der Waals surface area contributed by atoms with Crippen molar-refractivity contribution in [2.45, 2.75) is 20.8 Å². The van der Waals surface area contributed by atoms with Crippen LogP contribution in [0.4, 0.5) is 0 Å². The van der Waals surface area contributed by atoms with E-state index in [1.165, 1.54) is 0 Å². The molecule has 0 aliphatic carbocycles. The minimum absolute atomic E-state index is 0.516. The summed E-state index contributed by atoms with van der Waals surface area (Å²) >= 11 is 0. The molecule has 2 aromatic rings. The Balaban J connectivity index is 0.000000606. The number of nitrogens with zero attached hydrogens (tertiary/aromatic N) is 2. The van der Waals surface area contributed by atoms with Gasteiger partial charge in [-0.15, -0.1) is 5.10 Å². The summed E-state index contributed by atoms with van der Waals surface area (Å²) in [5.74, 6) is 1.28. The average Bonchev–Trinajstić information content (AvgIpc) is 2.36. The first-order valence-corrected chi connectivity index (χ1v) is 5.38. The Kier molecular flexibility index (Phi) is 4.99. The molecular formula is C13H16N2O. The maximum Gasteiger partial charge on any atom is 0.238 e. The molecule has 0 amide bonds. The van der Waals surface area contributed by atoms with E-state index in [0.717, 1.165) is 11.4 Å². The molecule has 1 aromatic carbocycles. The van der Waals surface area contributed by atoms with Crippen LogP contribution in [0.3, 0.4) is 0 Å². The Morgan fingerprint density at radius 3 is 2.12 bits per heavy atom. The number of aryl methyl sites for hydroxylation is 1. The van der Waals surface area contributed by atoms with Crippen molar-refractivity contribution >= 4 is 0 Å². The van der Waals surface area contributed by atoms with Gasteiger partial charge in [-0.25, -0.2) is 0 Å². The van der Waals surface area contributed by atoms with E-state index >= 15 is 0 Å². The number of para-hydroxylation sites is 1. The van der Waals surface area contributed by atoms with E-state index in [9.17, 15) is 0 Å². The van der Waals surface area contributed by atoms with Crippen LogP contribution in [0, 0.1) is 6.92 Å². The zero-order chi connectivity index (χ0) is 11.8. The van der Waals surface area contributed by atoms with Crippen molar-refractivity contribution in [1.82, 2.24) is 10.2 Å². The third-order valence-corrected chi connectivity index (χ3v) is 1.74. The first kappa shape index (κ1) is 12.2. The van der Waals surface area contributed by atoms with Crippen LogP contribution < -0.4 is 4.74 Å². The van der Waals surface area contributed by atoms with Gasteiger partial charge in [-0.1, -0.05) is 32.0 Å². The highest BCUT2D eigenvalue weighted by atomic mass is 16.5. The van der Waals surface area contributed by atoms with E-state index in [2.05, 4.69) is 10.2 Å². The highest BCUT2D eigenvalue weighted by Crippen LogP contribution is 2.17. The Morgan fingerprint density at radius 2 is 1.56 bits per heavy atom. The molecule has 1 aromatic heterocycles. The summed E-state index contributed by atoms with van der Waals surface area (Å²) in [6, 6.07) is 13.2. The molecule has 0 atom stereocenters. The fourth-order valence-corrected chi connectivity index (χ4v) is 1.05. The van der Waals surface area contributed by atoms with Crippen LogP contribution in [0.5, 0.6) is 11.6 Å². The van der Waals surface area contributed by atoms with Crippen LogP contribution in [0.1, 0.15) is 19.5 Å². The molecule has 0 aliphatic rings. The quantitative estimate of drug-likeness (QED) is 0.769. The standard InChI is InChI=1S/C11H10N2O.C2H6/c1-9-7-8-11(13-12-9)14-10-5-3-2-4-6-10;1-2/h2-8H,1H3;1-2H3. The fraction of sp³-hybridized carbons (Fsp3) is 0.231. The predicted octanol–water partition coefficient (Wildman–Crippen LogP) is 3.60. The molecule has 3 nitrogen and oxygen atoms in total. The normalized spacial score (nSPS) is 8.94. The molecule has 16 heavy (non-hydrogen) atoms. The number of benzene rings is 1. The zero-order valence-electron chi connectivity index (χ0n) is 9.84. The van der Waals surface area contributed by atoms with Gasteiger partial charge in [0.05, 0.1) is 5.69 Å². The van der Waals surface area contributed by atoms with Gasteiger partial charge in [-0.3, -0.25) is 0 Å². The van der Waals surface area contributed by atoms with Crippen molar-refractivity contribution in [3.8, 4) is 11.6 Å². The number of hydrogen-bond acceptors (Lipinski definition) is 3. The monoisotopic (exact) mass is 216 g/mol. The third kappa shape index (κ3) is 3.69. The van der Waals surface area contributed by atoms with E-state index in [4.69, 9.17) is 4.74 Å². The van der Waals surface area contributed by atoms with E-state index in [1.54, 1.807) is 6.07 Å². The van der Waals surface area contributed by atoms with Gasteiger partial charge < -0.3 is 4.74 Å². The number of aromatic nitrogens is 2. The maximum absolute atomic E-state index is 5.46. The van der Waals surface area contributed by atoms with Gasteiger partial charge in [0.1, 0.15) is 5.75 Å². The lowest BCUT2D eigenvalue weighted by molar-refractivity contribution is 0.454. The van der Waals surface area contributed by atoms with Crippen molar-refractivity contribution in [3.63, 3.8) is 0 Å². The number of hydrogen-bond donors (Lipinski definition) is 0. The van der Waals surface area contributed by atoms with Gasteiger partial charge in [-0.2, -0.15) is 5.10 Å². The largest absolute Gasteiger partial charge is 0.438 e. The highest BCUT2D eigenvalue weighted by Gasteiger charge is 1.96. The molecule has 1 heterocycles. The lowest BCUT2D eigenvalue weighted by Crippen LogP contribution is -1.91. The van der Waals surface area contributed by atoms with Crippen LogP contribution >= 0.6 is 0 Å². The second-order valence-corrected chi connectivity index (χ2v) is 2.93. The third-order valence-electron chi connectivity index (χ3n) is 1.74. The van der Waals surface area contributed by atoms with Gasteiger partial charge in [0.25, 0.3) is 0 Å². The second-order valence-electron chi connectivity index (χ2n) is 2.93. The number of ether oxygens (including phenoxy) is 1. The van der Waals surface area contributed by atoms with Crippen molar-refractivity contribution in [2.24, 2.45) is 0 Å². The van der Waals surface area contributed by atoms with E-state index in [-0.39, 0.29) is 0 Å². The number of rotatable bonds is 2. The van der Waals surface area contributed by atoms with E-state index in [1.807, 2.05) is 57.2 Å². The van der Waals surface area contributed by atoms with Crippen molar-refractivity contribution < 1.29 is 4.74 Å². The topological polar surface area (TPSA) is 35.0 Å². The van der Waals surface area contributed by atoms with Crippen molar-refractivity contribution in [1.29, 1.82) is 0 Å². The van der Waals surface area contributed by atoms with Crippen LogP contribution in [0.15, 0.2) is 42.5 Å². The molecule has 2 rings (SSSR count). The van der Waals surface area contributed by atoms with Crippen molar-refractivity contribution in [3.05, 3.63) is 48.2 Å². The predicted molar refractivity (Wildman–Crippen MR) is 64.6 cm³/mol. The summed E-state index contributed by atoms with van der Waals surface area (Å²) in [5, 5.41) is 7.80. The van der Waals surface area contributed by atoms with Gasteiger partial charge in [0.15, 0.2) is 0 Å². The smallest absolute Gasteiger partial charge is 0.238 e. The van der Waals surface area contributed by atoms with Gasteiger partial charge in [0.2, 0.25) is 5.88 Å². The Bertz CT molecular complexity index is 398. The SMILES string of the molecule is CC.Cc1ccc(Oc2ccccc2)nn1. The van der Waals surface area contributed by atoms with E-state index < -0.39 is 0 Å².